The Labute approximate surface area is 171 Å². The molecular formula is C22H21F2N3O3. The molecule has 8 heteroatoms. The normalized spacial score (nSPS) is 25.0. The number of ether oxygens (including phenoxy) is 2. The van der Waals surface area contributed by atoms with Gasteiger partial charge >= 0.3 is 0 Å². The van der Waals surface area contributed by atoms with Crippen LogP contribution in [-0.4, -0.2) is 39.5 Å². The van der Waals surface area contributed by atoms with Crippen LogP contribution in [0.4, 0.5) is 8.78 Å². The van der Waals surface area contributed by atoms with Crippen molar-refractivity contribution in [3.63, 3.8) is 0 Å². The van der Waals surface area contributed by atoms with E-state index in [4.69, 9.17) is 14.5 Å². The molecule has 5 heterocycles. The van der Waals surface area contributed by atoms with Crippen LogP contribution in [-0.2, 0) is 16.6 Å². The van der Waals surface area contributed by atoms with Gasteiger partial charge in [-0.25, -0.2) is 18.7 Å². The number of rotatable bonds is 6. The number of hydrogen-bond acceptors (Lipinski definition) is 5. The largest absolute Gasteiger partial charge is 0.496 e. The SMILES string of the molecule is COc1cc2nc(C34COC(C)(C3)C4)cn2cc1CC(=O)c1cccc(C(F)F)n1. The van der Waals surface area contributed by atoms with Crippen LogP contribution in [0.2, 0.25) is 0 Å². The fourth-order valence-electron chi connectivity index (χ4n) is 4.78. The van der Waals surface area contributed by atoms with E-state index in [0.29, 0.717) is 17.9 Å². The number of pyridine rings is 2. The summed E-state index contributed by atoms with van der Waals surface area (Å²) in [4.78, 5) is 21.3. The zero-order valence-corrected chi connectivity index (χ0v) is 16.7. The molecule has 0 unspecified atom stereocenters. The van der Waals surface area contributed by atoms with Crippen LogP contribution in [0.15, 0.2) is 36.7 Å². The second-order valence-electron chi connectivity index (χ2n) is 8.48. The van der Waals surface area contributed by atoms with Crippen molar-refractivity contribution in [2.24, 2.45) is 0 Å². The summed E-state index contributed by atoms with van der Waals surface area (Å²) in [6.07, 6.45) is 2.96. The van der Waals surface area contributed by atoms with Crippen molar-refractivity contribution in [3.8, 4) is 5.75 Å². The highest BCUT2D eigenvalue weighted by Crippen LogP contribution is 2.58. The van der Waals surface area contributed by atoms with Gasteiger partial charge in [0.15, 0.2) is 5.78 Å². The molecule has 0 radical (unpaired) electrons. The number of alkyl halides is 2. The molecule has 2 aliphatic heterocycles. The van der Waals surface area contributed by atoms with Crippen LogP contribution in [0.1, 0.15) is 53.6 Å². The third-order valence-corrected chi connectivity index (χ3v) is 6.15. The minimum Gasteiger partial charge on any atom is -0.496 e. The highest BCUT2D eigenvalue weighted by Gasteiger charge is 2.61. The molecule has 3 fully saturated rings. The van der Waals surface area contributed by atoms with E-state index in [1.54, 1.807) is 6.07 Å². The Morgan fingerprint density at radius 1 is 1.30 bits per heavy atom. The van der Waals surface area contributed by atoms with Crippen molar-refractivity contribution in [2.45, 2.75) is 43.6 Å². The van der Waals surface area contributed by atoms with Crippen LogP contribution < -0.4 is 4.74 Å². The average molecular weight is 413 g/mol. The Morgan fingerprint density at radius 3 is 2.77 bits per heavy atom. The molecule has 3 aromatic rings. The van der Waals surface area contributed by atoms with Crippen LogP contribution in [0.5, 0.6) is 5.75 Å². The van der Waals surface area contributed by atoms with Gasteiger partial charge in [0, 0.05) is 35.9 Å². The summed E-state index contributed by atoms with van der Waals surface area (Å²) in [7, 11) is 1.53. The van der Waals surface area contributed by atoms with E-state index in [1.807, 2.05) is 16.8 Å². The first-order valence-electron chi connectivity index (χ1n) is 9.79. The molecule has 30 heavy (non-hydrogen) atoms. The minimum atomic E-state index is -2.72. The monoisotopic (exact) mass is 413 g/mol. The summed E-state index contributed by atoms with van der Waals surface area (Å²) in [5, 5.41) is 0. The lowest BCUT2D eigenvalue weighted by molar-refractivity contribution is 0.0154. The van der Waals surface area contributed by atoms with Crippen molar-refractivity contribution < 1.29 is 23.0 Å². The number of nitrogens with zero attached hydrogens (tertiary/aromatic N) is 3. The van der Waals surface area contributed by atoms with Gasteiger partial charge < -0.3 is 13.9 Å². The fraction of sp³-hybridized carbons (Fsp3) is 0.409. The van der Waals surface area contributed by atoms with Gasteiger partial charge in [-0.1, -0.05) is 6.07 Å². The van der Waals surface area contributed by atoms with Crippen molar-refractivity contribution in [3.05, 3.63) is 59.3 Å². The first kappa shape index (κ1) is 19.1. The van der Waals surface area contributed by atoms with E-state index in [-0.39, 0.29) is 28.9 Å². The number of carbonyl (C=O) groups excluding carboxylic acids is 1. The van der Waals surface area contributed by atoms with Gasteiger partial charge in [-0.2, -0.15) is 0 Å². The lowest BCUT2D eigenvalue weighted by Gasteiger charge is -2.41. The van der Waals surface area contributed by atoms with Crippen molar-refractivity contribution in [1.82, 2.24) is 14.4 Å². The van der Waals surface area contributed by atoms with E-state index in [9.17, 15) is 13.6 Å². The molecule has 3 aromatic heterocycles. The third-order valence-electron chi connectivity index (χ3n) is 6.15. The Morgan fingerprint density at radius 2 is 2.10 bits per heavy atom. The van der Waals surface area contributed by atoms with Gasteiger partial charge in [0.05, 0.1) is 25.0 Å². The van der Waals surface area contributed by atoms with Crippen LogP contribution in [0.3, 0.4) is 0 Å². The lowest BCUT2D eigenvalue weighted by Crippen LogP contribution is -2.45. The lowest BCUT2D eigenvalue weighted by atomic mass is 9.62. The summed E-state index contributed by atoms with van der Waals surface area (Å²) in [6.45, 7) is 2.79. The topological polar surface area (TPSA) is 65.7 Å². The molecule has 0 amide bonds. The Hall–Kier alpha value is -2.87. The molecule has 0 N–H and O–H groups in total. The number of hydrogen-bond donors (Lipinski definition) is 0. The van der Waals surface area contributed by atoms with Crippen molar-refractivity contribution >= 4 is 11.4 Å². The molecule has 1 aliphatic carbocycles. The Bertz CT molecular complexity index is 1150. The molecule has 1 saturated carbocycles. The van der Waals surface area contributed by atoms with E-state index >= 15 is 0 Å². The number of ketones is 1. The molecule has 6 rings (SSSR count). The van der Waals surface area contributed by atoms with E-state index < -0.39 is 12.1 Å². The van der Waals surface area contributed by atoms with Gasteiger partial charge in [0.2, 0.25) is 0 Å². The molecule has 3 aliphatic rings. The van der Waals surface area contributed by atoms with Gasteiger partial charge in [0.25, 0.3) is 6.43 Å². The first-order chi connectivity index (χ1) is 14.3. The number of fused-ring (bicyclic) bond motifs is 2. The zero-order chi connectivity index (χ0) is 21.1. The quantitative estimate of drug-likeness (QED) is 0.573. The maximum absolute atomic E-state index is 12.9. The smallest absolute Gasteiger partial charge is 0.280 e. The molecule has 0 aromatic carbocycles. The van der Waals surface area contributed by atoms with E-state index in [1.165, 1.54) is 25.3 Å². The molecule has 6 nitrogen and oxygen atoms in total. The number of carbonyl (C=O) groups is 1. The van der Waals surface area contributed by atoms with E-state index in [2.05, 4.69) is 11.9 Å². The molecular weight excluding hydrogens is 392 g/mol. The molecule has 2 bridgehead atoms. The molecule has 156 valence electrons. The van der Waals surface area contributed by atoms with Gasteiger partial charge in [-0.05, 0) is 31.9 Å². The van der Waals surface area contributed by atoms with Crippen molar-refractivity contribution in [2.75, 3.05) is 13.7 Å². The average Bonchev–Trinajstić information content (AvgIpc) is 3.37. The van der Waals surface area contributed by atoms with Crippen LogP contribution in [0.25, 0.3) is 5.65 Å². The predicted octanol–water partition coefficient (Wildman–Crippen LogP) is 3.92. The second kappa shape index (κ2) is 6.57. The van der Waals surface area contributed by atoms with Gasteiger partial charge in [-0.3, -0.25) is 4.79 Å². The number of imidazole rings is 1. The second-order valence-corrected chi connectivity index (χ2v) is 8.48. The first-order valence-corrected chi connectivity index (χ1v) is 9.79. The van der Waals surface area contributed by atoms with Gasteiger partial charge in [0.1, 0.15) is 22.8 Å². The number of aromatic nitrogens is 3. The number of halogens is 2. The minimum absolute atomic E-state index is 0.0111. The number of Topliss-reactive ketones (excluding diaryl/α,β-unsaturated/α-hetero) is 1. The van der Waals surface area contributed by atoms with Crippen molar-refractivity contribution in [1.29, 1.82) is 0 Å². The highest BCUT2D eigenvalue weighted by molar-refractivity contribution is 5.96. The maximum atomic E-state index is 12.9. The highest BCUT2D eigenvalue weighted by atomic mass is 19.3. The summed E-state index contributed by atoms with van der Waals surface area (Å²) in [5.74, 6) is 0.171. The number of methoxy groups -OCH3 is 1. The maximum Gasteiger partial charge on any atom is 0.280 e. The Balaban J connectivity index is 1.45. The van der Waals surface area contributed by atoms with Gasteiger partial charge in [-0.15, -0.1) is 0 Å². The molecule has 0 atom stereocenters. The van der Waals surface area contributed by atoms with Crippen LogP contribution in [0, 0.1) is 0 Å². The standard InChI is InChI=1S/C22H21F2N3O3/c1-21-10-22(11-21,12-30-21)18-9-27-8-13(17(29-2)7-19(27)26-18)6-16(28)14-4-3-5-15(25-14)20(23)24/h3-5,7-9,20H,6,10-12H2,1-2H3. The summed E-state index contributed by atoms with van der Waals surface area (Å²) in [5.41, 5.74) is 1.88. The third kappa shape index (κ3) is 2.98. The predicted molar refractivity (Wildman–Crippen MR) is 104 cm³/mol. The van der Waals surface area contributed by atoms with Crippen LogP contribution >= 0.6 is 0 Å². The molecule has 2 saturated heterocycles. The summed E-state index contributed by atoms with van der Waals surface area (Å²) >= 11 is 0. The summed E-state index contributed by atoms with van der Waals surface area (Å²) in [6, 6.07) is 5.86. The Kier molecular flexibility index (Phi) is 4.18. The van der Waals surface area contributed by atoms with E-state index in [0.717, 1.165) is 24.2 Å². The molecule has 0 spiro atoms. The summed E-state index contributed by atoms with van der Waals surface area (Å²) < 4.78 is 39.0. The fourth-order valence-corrected chi connectivity index (χ4v) is 4.78. The zero-order valence-electron chi connectivity index (χ0n) is 16.7.